The highest BCUT2D eigenvalue weighted by Crippen LogP contribution is 2.18. The predicted molar refractivity (Wildman–Crippen MR) is 93.0 cm³/mol. The third kappa shape index (κ3) is 5.71. The van der Waals surface area contributed by atoms with Gasteiger partial charge in [0.25, 0.3) is 0 Å². The molecule has 1 aromatic rings. The molecule has 1 heterocycles. The summed E-state index contributed by atoms with van der Waals surface area (Å²) in [6, 6.07) is 9.63. The summed E-state index contributed by atoms with van der Waals surface area (Å²) in [5.74, 6) is 0. The second kappa shape index (κ2) is 7.58. The van der Waals surface area contributed by atoms with E-state index < -0.39 is 5.60 Å². The number of aryl methyl sites for hydroxylation is 1. The Bertz CT molecular complexity index is 447. The Morgan fingerprint density at radius 2 is 1.82 bits per heavy atom. The van der Waals surface area contributed by atoms with Gasteiger partial charge >= 0.3 is 0 Å². The zero-order valence-corrected chi connectivity index (χ0v) is 14.7. The smallest absolute Gasteiger partial charge is 0.0594 e. The summed E-state index contributed by atoms with van der Waals surface area (Å²) in [6.45, 7) is 7.19. The molecule has 0 aromatic heterocycles. The quantitative estimate of drug-likeness (QED) is 0.875. The van der Waals surface area contributed by atoms with Gasteiger partial charge in [0.2, 0.25) is 0 Å². The molecule has 1 aromatic carbocycles. The van der Waals surface area contributed by atoms with E-state index in [1.54, 1.807) is 0 Å². The molecule has 0 bridgehead atoms. The average molecular weight is 304 g/mol. The van der Waals surface area contributed by atoms with Gasteiger partial charge in [-0.1, -0.05) is 24.3 Å². The van der Waals surface area contributed by atoms with Crippen LogP contribution in [0.2, 0.25) is 0 Å². The van der Waals surface area contributed by atoms with E-state index in [0.29, 0.717) is 6.04 Å². The van der Waals surface area contributed by atoms with Crippen LogP contribution >= 0.6 is 0 Å². The molecule has 1 fully saturated rings. The van der Waals surface area contributed by atoms with Crippen molar-refractivity contribution in [3.63, 3.8) is 0 Å². The first-order chi connectivity index (χ1) is 10.3. The Morgan fingerprint density at radius 3 is 2.41 bits per heavy atom. The molecule has 3 nitrogen and oxygen atoms in total. The molecule has 1 aliphatic heterocycles. The second-order valence-corrected chi connectivity index (χ2v) is 7.62. The molecule has 1 aliphatic rings. The van der Waals surface area contributed by atoms with Crippen LogP contribution in [-0.4, -0.2) is 53.7 Å². The maximum absolute atomic E-state index is 9.81. The zero-order chi connectivity index (χ0) is 16.2. The lowest BCUT2D eigenvalue weighted by molar-refractivity contribution is 0.0714. The number of nitrogens with zero attached hydrogens (tertiary/aromatic N) is 2. The highest BCUT2D eigenvalue weighted by atomic mass is 16.3. The predicted octanol–water partition coefficient (Wildman–Crippen LogP) is 2.92. The van der Waals surface area contributed by atoms with Gasteiger partial charge in [-0.2, -0.15) is 0 Å². The van der Waals surface area contributed by atoms with Crippen LogP contribution in [0, 0.1) is 0 Å². The fourth-order valence-corrected chi connectivity index (χ4v) is 3.12. The minimum Gasteiger partial charge on any atom is -0.390 e. The summed E-state index contributed by atoms with van der Waals surface area (Å²) in [7, 11) is 4.37. The van der Waals surface area contributed by atoms with Gasteiger partial charge in [-0.15, -0.1) is 0 Å². The SMILES string of the molecule is CN(C)C1CCCN(Cc2ccc(CCC(C)(C)O)cc2)C1. The van der Waals surface area contributed by atoms with Crippen molar-refractivity contribution in [1.29, 1.82) is 0 Å². The topological polar surface area (TPSA) is 26.7 Å². The molecular formula is C19H32N2O. The van der Waals surface area contributed by atoms with E-state index in [1.807, 2.05) is 13.8 Å². The van der Waals surface area contributed by atoms with Crippen molar-refractivity contribution in [1.82, 2.24) is 9.80 Å². The highest BCUT2D eigenvalue weighted by molar-refractivity contribution is 5.23. The molecule has 1 atom stereocenters. The van der Waals surface area contributed by atoms with Gasteiger partial charge in [0.05, 0.1) is 5.60 Å². The van der Waals surface area contributed by atoms with E-state index in [4.69, 9.17) is 0 Å². The molecule has 0 saturated carbocycles. The molecule has 0 aliphatic carbocycles. The van der Waals surface area contributed by atoms with Crippen molar-refractivity contribution in [2.75, 3.05) is 27.2 Å². The van der Waals surface area contributed by atoms with Crippen molar-refractivity contribution < 1.29 is 5.11 Å². The van der Waals surface area contributed by atoms with Crippen molar-refractivity contribution >= 4 is 0 Å². The summed E-state index contributed by atoms with van der Waals surface area (Å²) in [4.78, 5) is 4.92. The fraction of sp³-hybridized carbons (Fsp3) is 0.684. The van der Waals surface area contributed by atoms with Gasteiger partial charge in [-0.05, 0) is 71.3 Å². The largest absolute Gasteiger partial charge is 0.390 e. The first-order valence-corrected chi connectivity index (χ1v) is 8.52. The van der Waals surface area contributed by atoms with Gasteiger partial charge < -0.3 is 10.0 Å². The van der Waals surface area contributed by atoms with E-state index >= 15 is 0 Å². The number of likely N-dealkylation sites (N-methyl/N-ethyl adjacent to an activating group) is 1. The minimum atomic E-state index is -0.576. The molecule has 2 rings (SSSR count). The maximum Gasteiger partial charge on any atom is 0.0594 e. The molecule has 1 N–H and O–H groups in total. The van der Waals surface area contributed by atoms with Crippen LogP contribution in [-0.2, 0) is 13.0 Å². The van der Waals surface area contributed by atoms with Gasteiger partial charge in [0.1, 0.15) is 0 Å². The standard InChI is InChI=1S/C19H32N2O/c1-19(2,22)12-11-16-7-9-17(10-8-16)14-21-13-5-6-18(15-21)20(3)4/h7-10,18,22H,5-6,11-15H2,1-4H3. The van der Waals surface area contributed by atoms with Crippen molar-refractivity contribution in [3.05, 3.63) is 35.4 Å². The lowest BCUT2D eigenvalue weighted by atomic mass is 9.98. The molecule has 124 valence electrons. The van der Waals surface area contributed by atoms with Crippen molar-refractivity contribution in [2.45, 2.75) is 57.7 Å². The van der Waals surface area contributed by atoms with E-state index in [0.717, 1.165) is 19.4 Å². The lowest BCUT2D eigenvalue weighted by Gasteiger charge is -2.36. The molecule has 22 heavy (non-hydrogen) atoms. The Balaban J connectivity index is 1.85. The monoisotopic (exact) mass is 304 g/mol. The van der Waals surface area contributed by atoms with Crippen molar-refractivity contribution in [2.24, 2.45) is 0 Å². The number of piperidine rings is 1. The van der Waals surface area contributed by atoms with E-state index in [1.165, 1.54) is 37.1 Å². The summed E-state index contributed by atoms with van der Waals surface area (Å²) in [5, 5.41) is 9.81. The Morgan fingerprint density at radius 1 is 1.18 bits per heavy atom. The van der Waals surface area contributed by atoms with Gasteiger partial charge in [0, 0.05) is 19.1 Å². The normalized spacial score (nSPS) is 20.5. The lowest BCUT2D eigenvalue weighted by Crippen LogP contribution is -2.44. The van der Waals surface area contributed by atoms with Crippen LogP contribution in [0.15, 0.2) is 24.3 Å². The third-order valence-corrected chi connectivity index (χ3v) is 4.67. The van der Waals surface area contributed by atoms with E-state index in [2.05, 4.69) is 48.2 Å². The Labute approximate surface area is 135 Å². The van der Waals surface area contributed by atoms with Crippen LogP contribution in [0.3, 0.4) is 0 Å². The van der Waals surface area contributed by atoms with Gasteiger partial charge in [-0.25, -0.2) is 0 Å². The zero-order valence-electron chi connectivity index (χ0n) is 14.7. The summed E-state index contributed by atoms with van der Waals surface area (Å²) >= 11 is 0. The number of likely N-dealkylation sites (tertiary alicyclic amines) is 1. The molecule has 1 unspecified atom stereocenters. The molecule has 1 saturated heterocycles. The Kier molecular flexibility index (Phi) is 6.01. The molecule has 0 radical (unpaired) electrons. The third-order valence-electron chi connectivity index (χ3n) is 4.67. The van der Waals surface area contributed by atoms with Crippen LogP contribution in [0.25, 0.3) is 0 Å². The number of aliphatic hydroxyl groups is 1. The molecule has 0 spiro atoms. The van der Waals surface area contributed by atoms with Crippen LogP contribution in [0.5, 0.6) is 0 Å². The number of rotatable bonds is 6. The van der Waals surface area contributed by atoms with Crippen LogP contribution in [0.1, 0.15) is 44.2 Å². The van der Waals surface area contributed by atoms with Crippen LogP contribution in [0.4, 0.5) is 0 Å². The van der Waals surface area contributed by atoms with Crippen LogP contribution < -0.4 is 0 Å². The van der Waals surface area contributed by atoms with Gasteiger partial charge in [0.15, 0.2) is 0 Å². The first-order valence-electron chi connectivity index (χ1n) is 8.52. The summed E-state index contributed by atoms with van der Waals surface area (Å²) in [5.41, 5.74) is 2.13. The first kappa shape index (κ1) is 17.5. The molecular weight excluding hydrogens is 272 g/mol. The highest BCUT2D eigenvalue weighted by Gasteiger charge is 2.21. The van der Waals surface area contributed by atoms with E-state index in [9.17, 15) is 5.11 Å². The number of hydrogen-bond acceptors (Lipinski definition) is 3. The number of hydrogen-bond donors (Lipinski definition) is 1. The maximum atomic E-state index is 9.81. The minimum absolute atomic E-state index is 0.576. The Hall–Kier alpha value is -0.900. The van der Waals surface area contributed by atoms with E-state index in [-0.39, 0.29) is 0 Å². The molecule has 3 heteroatoms. The average Bonchev–Trinajstić information content (AvgIpc) is 2.46. The summed E-state index contributed by atoms with van der Waals surface area (Å²) < 4.78 is 0. The number of benzene rings is 1. The van der Waals surface area contributed by atoms with Gasteiger partial charge in [-0.3, -0.25) is 4.90 Å². The molecule has 0 amide bonds. The summed E-state index contributed by atoms with van der Waals surface area (Å²) in [6.07, 6.45) is 4.37. The fourth-order valence-electron chi connectivity index (χ4n) is 3.12. The van der Waals surface area contributed by atoms with Crippen molar-refractivity contribution in [3.8, 4) is 0 Å². The second-order valence-electron chi connectivity index (χ2n) is 7.62.